The third-order valence-corrected chi connectivity index (χ3v) is 4.34. The highest BCUT2D eigenvalue weighted by molar-refractivity contribution is 5.93. The summed E-state index contributed by atoms with van der Waals surface area (Å²) in [7, 11) is 3.46. The van der Waals surface area contributed by atoms with Gasteiger partial charge < -0.3 is 14.5 Å². The van der Waals surface area contributed by atoms with Crippen molar-refractivity contribution in [2.75, 3.05) is 20.6 Å². The summed E-state index contributed by atoms with van der Waals surface area (Å²) in [6, 6.07) is 15.1. The second-order valence-corrected chi connectivity index (χ2v) is 7.30. The van der Waals surface area contributed by atoms with Crippen LogP contribution in [0.4, 0.5) is 0 Å². The number of benzene rings is 2. The maximum Gasteiger partial charge on any atom is 0.253 e. The predicted molar refractivity (Wildman–Crippen MR) is 111 cm³/mol. The average Bonchev–Trinajstić information content (AvgIpc) is 2.65. The fourth-order valence-electron chi connectivity index (χ4n) is 2.89. The first-order chi connectivity index (χ1) is 13.3. The van der Waals surface area contributed by atoms with E-state index in [0.29, 0.717) is 25.1 Å². The number of hydrogen-bond donors (Lipinski definition) is 0. The lowest BCUT2D eigenvalue weighted by molar-refractivity contribution is -0.130. The van der Waals surface area contributed by atoms with Gasteiger partial charge in [0.05, 0.1) is 12.5 Å². The molecule has 0 aliphatic heterocycles. The SMILES string of the molecule is CCN(Cc1ccc(C(=O)N(C)C)cc1)C(=O)Cc1cccc(OC(C)C)c1. The number of hydrogen-bond acceptors (Lipinski definition) is 3. The summed E-state index contributed by atoms with van der Waals surface area (Å²) in [4.78, 5) is 28.1. The molecule has 0 unspecified atom stereocenters. The van der Waals surface area contributed by atoms with Crippen molar-refractivity contribution in [2.45, 2.75) is 39.8 Å². The molecule has 0 spiro atoms. The number of ether oxygens (including phenoxy) is 1. The molecule has 0 aliphatic rings. The van der Waals surface area contributed by atoms with Crippen LogP contribution in [0.1, 0.15) is 42.3 Å². The summed E-state index contributed by atoms with van der Waals surface area (Å²) in [6.45, 7) is 7.08. The van der Waals surface area contributed by atoms with Gasteiger partial charge in [-0.25, -0.2) is 0 Å². The van der Waals surface area contributed by atoms with E-state index in [0.717, 1.165) is 16.9 Å². The first-order valence-corrected chi connectivity index (χ1v) is 9.64. The Kier molecular flexibility index (Phi) is 7.61. The smallest absolute Gasteiger partial charge is 0.253 e. The maximum absolute atomic E-state index is 12.8. The van der Waals surface area contributed by atoms with Crippen LogP contribution in [0.2, 0.25) is 0 Å². The quantitative estimate of drug-likeness (QED) is 0.698. The third-order valence-electron chi connectivity index (χ3n) is 4.34. The van der Waals surface area contributed by atoms with E-state index in [2.05, 4.69) is 0 Å². The Labute approximate surface area is 167 Å². The lowest BCUT2D eigenvalue weighted by atomic mass is 10.1. The van der Waals surface area contributed by atoms with Gasteiger partial charge in [-0.3, -0.25) is 9.59 Å². The zero-order valence-corrected chi connectivity index (χ0v) is 17.4. The highest BCUT2D eigenvalue weighted by atomic mass is 16.5. The van der Waals surface area contributed by atoms with E-state index in [9.17, 15) is 9.59 Å². The molecular weight excluding hydrogens is 352 g/mol. The van der Waals surface area contributed by atoms with Crippen molar-refractivity contribution in [1.29, 1.82) is 0 Å². The van der Waals surface area contributed by atoms with Crippen LogP contribution in [0.3, 0.4) is 0 Å². The van der Waals surface area contributed by atoms with Gasteiger partial charge in [0.2, 0.25) is 5.91 Å². The largest absolute Gasteiger partial charge is 0.491 e. The van der Waals surface area contributed by atoms with E-state index in [4.69, 9.17) is 4.74 Å². The van der Waals surface area contributed by atoms with Gasteiger partial charge in [-0.1, -0.05) is 24.3 Å². The third kappa shape index (κ3) is 6.12. The molecule has 0 saturated heterocycles. The van der Waals surface area contributed by atoms with Gasteiger partial charge in [-0.15, -0.1) is 0 Å². The minimum absolute atomic E-state index is 0.0292. The van der Waals surface area contributed by atoms with E-state index in [1.165, 1.54) is 0 Å². The summed E-state index contributed by atoms with van der Waals surface area (Å²) in [5.41, 5.74) is 2.58. The molecule has 0 heterocycles. The molecule has 28 heavy (non-hydrogen) atoms. The Morgan fingerprint density at radius 2 is 1.68 bits per heavy atom. The Morgan fingerprint density at radius 1 is 1.00 bits per heavy atom. The topological polar surface area (TPSA) is 49.9 Å². The van der Waals surface area contributed by atoms with Crippen LogP contribution in [0.15, 0.2) is 48.5 Å². The van der Waals surface area contributed by atoms with E-state index in [1.54, 1.807) is 19.0 Å². The molecule has 0 N–H and O–H groups in total. The molecule has 0 aliphatic carbocycles. The highest BCUT2D eigenvalue weighted by Crippen LogP contribution is 2.17. The number of nitrogens with zero attached hydrogens (tertiary/aromatic N) is 2. The van der Waals surface area contributed by atoms with Gasteiger partial charge in [0.25, 0.3) is 5.91 Å². The van der Waals surface area contributed by atoms with Crippen LogP contribution in [-0.2, 0) is 17.8 Å². The maximum atomic E-state index is 12.8. The van der Waals surface area contributed by atoms with Crippen LogP contribution in [0.5, 0.6) is 5.75 Å². The first-order valence-electron chi connectivity index (χ1n) is 9.64. The standard InChI is InChI=1S/C23H30N2O3/c1-6-25(16-18-10-12-20(13-11-18)23(27)24(4)5)22(26)15-19-8-7-9-21(14-19)28-17(2)3/h7-14,17H,6,15-16H2,1-5H3. The average molecular weight is 383 g/mol. The minimum atomic E-state index is -0.0292. The van der Waals surface area contributed by atoms with Crippen molar-refractivity contribution in [1.82, 2.24) is 9.80 Å². The van der Waals surface area contributed by atoms with Gasteiger partial charge in [0, 0.05) is 32.7 Å². The summed E-state index contributed by atoms with van der Waals surface area (Å²) in [5, 5.41) is 0. The van der Waals surface area contributed by atoms with Crippen LogP contribution in [0.25, 0.3) is 0 Å². The van der Waals surface area contributed by atoms with Crippen molar-refractivity contribution in [2.24, 2.45) is 0 Å². The fourth-order valence-corrected chi connectivity index (χ4v) is 2.89. The number of carbonyl (C=O) groups excluding carboxylic acids is 2. The Bertz CT molecular complexity index is 798. The minimum Gasteiger partial charge on any atom is -0.491 e. The predicted octanol–water partition coefficient (Wildman–Crippen LogP) is 3.77. The molecule has 5 heteroatoms. The molecule has 5 nitrogen and oxygen atoms in total. The van der Waals surface area contributed by atoms with Gasteiger partial charge in [0.15, 0.2) is 0 Å². The molecule has 150 valence electrons. The van der Waals surface area contributed by atoms with Crippen molar-refractivity contribution in [3.8, 4) is 5.75 Å². The first kappa shape index (κ1) is 21.5. The monoisotopic (exact) mass is 382 g/mol. The normalized spacial score (nSPS) is 10.6. The number of amides is 2. The molecule has 2 aromatic carbocycles. The summed E-state index contributed by atoms with van der Waals surface area (Å²) >= 11 is 0. The zero-order valence-electron chi connectivity index (χ0n) is 17.4. The van der Waals surface area contributed by atoms with Gasteiger partial charge in [-0.2, -0.15) is 0 Å². The second-order valence-electron chi connectivity index (χ2n) is 7.30. The summed E-state index contributed by atoms with van der Waals surface area (Å²) < 4.78 is 5.71. The van der Waals surface area contributed by atoms with Crippen LogP contribution in [-0.4, -0.2) is 48.4 Å². The second kappa shape index (κ2) is 9.93. The summed E-state index contributed by atoms with van der Waals surface area (Å²) in [6.07, 6.45) is 0.431. The van der Waals surface area contributed by atoms with E-state index < -0.39 is 0 Å². The van der Waals surface area contributed by atoms with E-state index >= 15 is 0 Å². The molecule has 0 fully saturated rings. The van der Waals surface area contributed by atoms with Crippen molar-refractivity contribution >= 4 is 11.8 Å². The molecule has 0 atom stereocenters. The lowest BCUT2D eigenvalue weighted by Gasteiger charge is -2.21. The molecular formula is C23H30N2O3. The molecule has 0 aromatic heterocycles. The lowest BCUT2D eigenvalue weighted by Crippen LogP contribution is -2.31. The van der Waals surface area contributed by atoms with Gasteiger partial charge in [-0.05, 0) is 56.2 Å². The zero-order chi connectivity index (χ0) is 20.7. The number of likely N-dealkylation sites (N-methyl/N-ethyl adjacent to an activating group) is 1. The highest BCUT2D eigenvalue weighted by Gasteiger charge is 2.14. The molecule has 2 rings (SSSR count). The Balaban J connectivity index is 2.03. The van der Waals surface area contributed by atoms with Crippen molar-refractivity contribution in [3.63, 3.8) is 0 Å². The Morgan fingerprint density at radius 3 is 2.25 bits per heavy atom. The van der Waals surface area contributed by atoms with Crippen LogP contribution in [0, 0.1) is 0 Å². The number of rotatable bonds is 8. The molecule has 0 radical (unpaired) electrons. The molecule has 0 saturated carbocycles. The summed E-state index contributed by atoms with van der Waals surface area (Å²) in [5.74, 6) is 0.820. The van der Waals surface area contributed by atoms with E-state index in [-0.39, 0.29) is 17.9 Å². The van der Waals surface area contributed by atoms with Crippen molar-refractivity contribution < 1.29 is 14.3 Å². The van der Waals surface area contributed by atoms with Crippen LogP contribution < -0.4 is 4.74 Å². The van der Waals surface area contributed by atoms with E-state index in [1.807, 2.05) is 74.2 Å². The number of carbonyl (C=O) groups is 2. The fraction of sp³-hybridized carbons (Fsp3) is 0.391. The molecule has 2 aromatic rings. The van der Waals surface area contributed by atoms with Gasteiger partial charge >= 0.3 is 0 Å². The Hall–Kier alpha value is -2.82. The van der Waals surface area contributed by atoms with Crippen molar-refractivity contribution in [3.05, 3.63) is 65.2 Å². The molecule has 0 bridgehead atoms. The molecule has 2 amide bonds. The van der Waals surface area contributed by atoms with Crippen LogP contribution >= 0.6 is 0 Å². The van der Waals surface area contributed by atoms with Gasteiger partial charge in [0.1, 0.15) is 5.75 Å².